The van der Waals surface area contributed by atoms with Crippen molar-refractivity contribution in [1.29, 1.82) is 0 Å². The van der Waals surface area contributed by atoms with Crippen molar-refractivity contribution in [3.63, 3.8) is 0 Å². The van der Waals surface area contributed by atoms with Crippen molar-refractivity contribution in [1.82, 2.24) is 9.97 Å². The van der Waals surface area contributed by atoms with Crippen LogP contribution in [-0.2, 0) is 0 Å². The number of hydrogen-bond donors (Lipinski definition) is 0. The zero-order chi connectivity index (χ0) is 18.1. The van der Waals surface area contributed by atoms with E-state index in [2.05, 4.69) is 16.9 Å². The minimum atomic E-state index is -0.291. The van der Waals surface area contributed by atoms with Gasteiger partial charge in [-0.1, -0.05) is 18.2 Å². The summed E-state index contributed by atoms with van der Waals surface area (Å²) in [6, 6.07) is 19.8. The van der Waals surface area contributed by atoms with E-state index in [0.29, 0.717) is 11.7 Å². The average molecular weight is 344 g/mol. The number of para-hydroxylation sites is 1. The Morgan fingerprint density at radius 1 is 0.808 bits per heavy atom. The minimum Gasteiger partial charge on any atom is -0.438 e. The molecule has 0 aliphatic carbocycles. The van der Waals surface area contributed by atoms with Crippen molar-refractivity contribution in [2.75, 3.05) is 0 Å². The number of benzene rings is 3. The zero-order valence-corrected chi connectivity index (χ0v) is 14.5. The molecule has 1 heterocycles. The Kier molecular flexibility index (Phi) is 4.09. The molecule has 0 radical (unpaired) electrons. The molecule has 0 unspecified atom stereocenters. The summed E-state index contributed by atoms with van der Waals surface area (Å²) in [7, 11) is 0. The van der Waals surface area contributed by atoms with Crippen LogP contribution < -0.4 is 4.74 Å². The van der Waals surface area contributed by atoms with E-state index in [9.17, 15) is 4.39 Å². The molecule has 4 heteroatoms. The Hall–Kier alpha value is -3.27. The molecule has 3 aromatic carbocycles. The van der Waals surface area contributed by atoms with Gasteiger partial charge in [-0.15, -0.1) is 0 Å². The third-order valence-corrected chi connectivity index (χ3v) is 4.36. The van der Waals surface area contributed by atoms with Gasteiger partial charge in [0.05, 0.1) is 10.9 Å². The van der Waals surface area contributed by atoms with Gasteiger partial charge in [-0.05, 0) is 73.5 Å². The van der Waals surface area contributed by atoms with Gasteiger partial charge in [0.2, 0.25) is 5.88 Å². The van der Waals surface area contributed by atoms with Crippen LogP contribution in [0.5, 0.6) is 11.6 Å². The first-order chi connectivity index (χ1) is 12.6. The van der Waals surface area contributed by atoms with Crippen molar-refractivity contribution in [3.8, 4) is 23.0 Å². The van der Waals surface area contributed by atoms with Crippen LogP contribution in [0.1, 0.15) is 11.1 Å². The molecule has 0 saturated heterocycles. The number of hydrogen-bond acceptors (Lipinski definition) is 3. The molecule has 0 atom stereocenters. The third-order valence-electron chi connectivity index (χ3n) is 4.36. The molecular weight excluding hydrogens is 327 g/mol. The van der Waals surface area contributed by atoms with Gasteiger partial charge in [-0.3, -0.25) is 0 Å². The molecule has 4 aromatic rings. The standard InChI is InChI=1S/C22H17FN2O/c1-14-7-12-18(13-15(14)2)26-22-19-5-3-4-6-20(19)24-21(25-22)16-8-10-17(23)11-9-16/h3-13H,1-2H3. The summed E-state index contributed by atoms with van der Waals surface area (Å²) >= 11 is 0. The first kappa shape index (κ1) is 16.2. The van der Waals surface area contributed by atoms with E-state index >= 15 is 0 Å². The first-order valence-corrected chi connectivity index (χ1v) is 8.38. The SMILES string of the molecule is Cc1ccc(Oc2nc(-c3ccc(F)cc3)nc3ccccc23)cc1C. The van der Waals surface area contributed by atoms with Gasteiger partial charge in [0.1, 0.15) is 11.6 Å². The summed E-state index contributed by atoms with van der Waals surface area (Å²) in [5.74, 6) is 1.42. The largest absolute Gasteiger partial charge is 0.438 e. The lowest BCUT2D eigenvalue weighted by atomic mass is 10.1. The fourth-order valence-corrected chi connectivity index (χ4v) is 2.74. The zero-order valence-electron chi connectivity index (χ0n) is 14.5. The summed E-state index contributed by atoms with van der Waals surface area (Å²) in [6.07, 6.45) is 0. The number of nitrogens with zero attached hydrogens (tertiary/aromatic N) is 2. The van der Waals surface area contributed by atoms with Crippen molar-refractivity contribution in [2.45, 2.75) is 13.8 Å². The quantitative estimate of drug-likeness (QED) is 0.468. The second kappa shape index (κ2) is 6.56. The lowest BCUT2D eigenvalue weighted by molar-refractivity contribution is 0.468. The second-order valence-corrected chi connectivity index (χ2v) is 6.22. The third kappa shape index (κ3) is 3.14. The summed E-state index contributed by atoms with van der Waals surface area (Å²) in [4.78, 5) is 9.19. The highest BCUT2D eigenvalue weighted by Crippen LogP contribution is 2.30. The van der Waals surface area contributed by atoms with Gasteiger partial charge in [0, 0.05) is 5.56 Å². The monoisotopic (exact) mass is 344 g/mol. The molecule has 0 spiro atoms. The minimum absolute atomic E-state index is 0.291. The van der Waals surface area contributed by atoms with E-state index in [0.717, 1.165) is 27.8 Å². The maximum Gasteiger partial charge on any atom is 0.230 e. The van der Waals surface area contributed by atoms with Gasteiger partial charge >= 0.3 is 0 Å². The highest BCUT2D eigenvalue weighted by molar-refractivity contribution is 5.85. The van der Waals surface area contributed by atoms with Crippen LogP contribution in [0.3, 0.4) is 0 Å². The molecule has 26 heavy (non-hydrogen) atoms. The fourth-order valence-electron chi connectivity index (χ4n) is 2.74. The van der Waals surface area contributed by atoms with Crippen LogP contribution in [0.15, 0.2) is 66.7 Å². The van der Waals surface area contributed by atoms with E-state index in [1.165, 1.54) is 17.7 Å². The predicted octanol–water partition coefficient (Wildman–Crippen LogP) is 5.85. The van der Waals surface area contributed by atoms with Crippen molar-refractivity contribution >= 4 is 10.9 Å². The molecule has 0 N–H and O–H groups in total. The average Bonchev–Trinajstić information content (AvgIpc) is 2.65. The number of ether oxygens (including phenoxy) is 1. The van der Waals surface area contributed by atoms with Crippen LogP contribution >= 0.6 is 0 Å². The van der Waals surface area contributed by atoms with Gasteiger partial charge in [0.15, 0.2) is 5.82 Å². The molecule has 0 amide bonds. The molecule has 0 aliphatic heterocycles. The Balaban J connectivity index is 1.84. The maximum absolute atomic E-state index is 13.2. The Labute approximate surface area is 151 Å². The number of aromatic nitrogens is 2. The molecule has 0 bridgehead atoms. The lowest BCUT2D eigenvalue weighted by Crippen LogP contribution is -1.96. The van der Waals surface area contributed by atoms with Crippen LogP contribution in [-0.4, -0.2) is 9.97 Å². The number of aryl methyl sites for hydroxylation is 2. The first-order valence-electron chi connectivity index (χ1n) is 8.38. The smallest absolute Gasteiger partial charge is 0.230 e. The van der Waals surface area contributed by atoms with Gasteiger partial charge in [-0.2, -0.15) is 4.98 Å². The molecule has 128 valence electrons. The van der Waals surface area contributed by atoms with Gasteiger partial charge in [0.25, 0.3) is 0 Å². The van der Waals surface area contributed by atoms with E-state index in [-0.39, 0.29) is 5.82 Å². The summed E-state index contributed by atoms with van der Waals surface area (Å²) in [5.41, 5.74) is 3.87. The number of rotatable bonds is 3. The second-order valence-electron chi connectivity index (χ2n) is 6.22. The Bertz CT molecular complexity index is 1090. The highest BCUT2D eigenvalue weighted by Gasteiger charge is 2.12. The fraction of sp³-hybridized carbons (Fsp3) is 0.0909. The summed E-state index contributed by atoms with van der Waals surface area (Å²) in [6.45, 7) is 4.11. The van der Waals surface area contributed by atoms with E-state index < -0.39 is 0 Å². The van der Waals surface area contributed by atoms with Crippen molar-refractivity contribution < 1.29 is 9.13 Å². The molecule has 4 rings (SSSR count). The van der Waals surface area contributed by atoms with Gasteiger partial charge in [-0.25, -0.2) is 9.37 Å². The molecule has 0 fully saturated rings. The molecule has 1 aromatic heterocycles. The maximum atomic E-state index is 13.2. The summed E-state index contributed by atoms with van der Waals surface area (Å²) < 4.78 is 19.3. The normalized spacial score (nSPS) is 10.9. The molecule has 0 aliphatic rings. The van der Waals surface area contributed by atoms with Gasteiger partial charge < -0.3 is 4.74 Å². The molecular formula is C22H17FN2O. The van der Waals surface area contributed by atoms with Crippen LogP contribution in [0, 0.1) is 19.7 Å². The van der Waals surface area contributed by atoms with Crippen LogP contribution in [0.2, 0.25) is 0 Å². The Morgan fingerprint density at radius 2 is 1.58 bits per heavy atom. The topological polar surface area (TPSA) is 35.0 Å². The van der Waals surface area contributed by atoms with E-state index in [4.69, 9.17) is 4.74 Å². The molecule has 3 nitrogen and oxygen atoms in total. The Morgan fingerprint density at radius 3 is 2.35 bits per heavy atom. The van der Waals surface area contributed by atoms with E-state index in [1.54, 1.807) is 12.1 Å². The van der Waals surface area contributed by atoms with Crippen LogP contribution in [0.25, 0.3) is 22.3 Å². The summed E-state index contributed by atoms with van der Waals surface area (Å²) in [5, 5.41) is 0.830. The van der Waals surface area contributed by atoms with Crippen molar-refractivity contribution in [2.24, 2.45) is 0 Å². The predicted molar refractivity (Wildman–Crippen MR) is 101 cm³/mol. The van der Waals surface area contributed by atoms with Crippen molar-refractivity contribution in [3.05, 3.63) is 83.7 Å². The highest BCUT2D eigenvalue weighted by atomic mass is 19.1. The van der Waals surface area contributed by atoms with Crippen LogP contribution in [0.4, 0.5) is 4.39 Å². The van der Waals surface area contributed by atoms with E-state index in [1.807, 2.05) is 49.4 Å². The molecule has 0 saturated carbocycles. The lowest BCUT2D eigenvalue weighted by Gasteiger charge is -2.11. The number of halogens is 1. The number of fused-ring (bicyclic) bond motifs is 1.